The smallest absolute Gasteiger partial charge is 0.197 e. The summed E-state index contributed by atoms with van der Waals surface area (Å²) >= 11 is 10.1. The maximum absolute atomic E-state index is 5.02. The van der Waals surface area contributed by atoms with E-state index in [1.165, 1.54) is 0 Å². The minimum atomic E-state index is 0.532. The molecule has 0 atom stereocenters. The Hall–Kier alpha value is -0.520. The lowest BCUT2D eigenvalue weighted by Crippen LogP contribution is -1.88. The minimum Gasteiger partial charge on any atom is -0.335 e. The SMILES string of the molecule is Cc1cc(-c2cc(Br)cs2)nc(=S)[nH]1. The van der Waals surface area contributed by atoms with Crippen LogP contribution in [0.25, 0.3) is 10.6 Å². The maximum Gasteiger partial charge on any atom is 0.197 e. The van der Waals surface area contributed by atoms with Gasteiger partial charge in [-0.25, -0.2) is 4.98 Å². The Labute approximate surface area is 99.2 Å². The third-order valence-corrected chi connectivity index (χ3v) is 3.61. The normalized spacial score (nSPS) is 10.4. The lowest BCUT2D eigenvalue weighted by molar-refractivity contribution is 1.08. The van der Waals surface area contributed by atoms with Crippen molar-refractivity contribution < 1.29 is 0 Å². The molecule has 0 aromatic carbocycles. The fourth-order valence-corrected chi connectivity index (χ4v) is 2.80. The van der Waals surface area contributed by atoms with Gasteiger partial charge >= 0.3 is 0 Å². The van der Waals surface area contributed by atoms with Gasteiger partial charge in [0, 0.05) is 15.5 Å². The van der Waals surface area contributed by atoms with Crippen molar-refractivity contribution in [3.8, 4) is 10.6 Å². The van der Waals surface area contributed by atoms with Gasteiger partial charge in [0.25, 0.3) is 0 Å². The Morgan fingerprint density at radius 3 is 2.86 bits per heavy atom. The van der Waals surface area contributed by atoms with E-state index in [9.17, 15) is 0 Å². The summed E-state index contributed by atoms with van der Waals surface area (Å²) in [5.41, 5.74) is 1.96. The van der Waals surface area contributed by atoms with Crippen LogP contribution in [0.5, 0.6) is 0 Å². The van der Waals surface area contributed by atoms with Crippen molar-refractivity contribution in [2.75, 3.05) is 0 Å². The maximum atomic E-state index is 5.02. The van der Waals surface area contributed by atoms with E-state index in [0.29, 0.717) is 4.77 Å². The molecule has 2 rings (SSSR count). The molecule has 0 aliphatic rings. The Morgan fingerprint density at radius 1 is 1.50 bits per heavy atom. The number of H-pyrrole nitrogens is 1. The van der Waals surface area contributed by atoms with Gasteiger partial charge in [-0.15, -0.1) is 11.3 Å². The Morgan fingerprint density at radius 2 is 2.29 bits per heavy atom. The van der Waals surface area contributed by atoms with Crippen LogP contribution in [0.1, 0.15) is 5.69 Å². The molecule has 72 valence electrons. The summed E-state index contributed by atoms with van der Waals surface area (Å²) in [6.07, 6.45) is 0. The molecule has 0 spiro atoms. The van der Waals surface area contributed by atoms with Crippen molar-refractivity contribution in [1.82, 2.24) is 9.97 Å². The number of aromatic nitrogens is 2. The van der Waals surface area contributed by atoms with Gasteiger partial charge in [-0.3, -0.25) is 0 Å². The van der Waals surface area contributed by atoms with Crippen LogP contribution in [0.15, 0.2) is 22.0 Å². The first-order valence-electron chi connectivity index (χ1n) is 3.97. The van der Waals surface area contributed by atoms with Crippen molar-refractivity contribution >= 4 is 39.5 Å². The van der Waals surface area contributed by atoms with Gasteiger partial charge in [-0.2, -0.15) is 0 Å². The molecule has 0 radical (unpaired) electrons. The molecular formula is C9H7BrN2S2. The van der Waals surface area contributed by atoms with Crippen LogP contribution in [-0.2, 0) is 0 Å². The average Bonchev–Trinajstić information content (AvgIpc) is 2.50. The summed E-state index contributed by atoms with van der Waals surface area (Å²) in [6.45, 7) is 1.98. The number of nitrogens with zero attached hydrogens (tertiary/aromatic N) is 1. The van der Waals surface area contributed by atoms with E-state index in [-0.39, 0.29) is 0 Å². The predicted molar refractivity (Wildman–Crippen MR) is 65.2 cm³/mol. The summed E-state index contributed by atoms with van der Waals surface area (Å²) in [4.78, 5) is 8.38. The van der Waals surface area contributed by atoms with Gasteiger partial charge in [-0.05, 0) is 47.2 Å². The topological polar surface area (TPSA) is 28.7 Å². The second kappa shape index (κ2) is 3.92. The van der Waals surface area contributed by atoms with E-state index >= 15 is 0 Å². The summed E-state index contributed by atoms with van der Waals surface area (Å²) in [5, 5.41) is 2.03. The summed E-state index contributed by atoms with van der Waals surface area (Å²) in [7, 11) is 0. The minimum absolute atomic E-state index is 0.532. The number of aryl methyl sites for hydroxylation is 1. The number of hydrogen-bond acceptors (Lipinski definition) is 3. The van der Waals surface area contributed by atoms with Crippen molar-refractivity contribution in [3.63, 3.8) is 0 Å². The van der Waals surface area contributed by atoms with Crippen LogP contribution < -0.4 is 0 Å². The Kier molecular flexibility index (Phi) is 2.80. The van der Waals surface area contributed by atoms with E-state index in [1.54, 1.807) is 11.3 Å². The lowest BCUT2D eigenvalue weighted by atomic mass is 10.3. The molecule has 5 heteroatoms. The molecular weight excluding hydrogens is 280 g/mol. The Balaban J connectivity index is 2.56. The number of nitrogens with one attached hydrogen (secondary N) is 1. The zero-order valence-corrected chi connectivity index (χ0v) is 10.6. The van der Waals surface area contributed by atoms with Crippen LogP contribution in [0.2, 0.25) is 0 Å². The highest BCUT2D eigenvalue weighted by molar-refractivity contribution is 9.10. The molecule has 2 aromatic heterocycles. The fraction of sp³-hybridized carbons (Fsp3) is 0.111. The highest BCUT2D eigenvalue weighted by Crippen LogP contribution is 2.28. The standard InChI is InChI=1S/C9H7BrN2S2/c1-5-2-7(12-9(13)11-5)8-3-6(10)4-14-8/h2-4H,1H3,(H,11,12,13). The highest BCUT2D eigenvalue weighted by atomic mass is 79.9. The van der Waals surface area contributed by atoms with Gasteiger partial charge in [0.05, 0.1) is 10.6 Å². The first kappa shape index (κ1) is 10.0. The molecule has 0 amide bonds. The van der Waals surface area contributed by atoms with Gasteiger partial charge in [0.2, 0.25) is 0 Å². The third-order valence-electron chi connectivity index (χ3n) is 1.70. The molecule has 0 fully saturated rings. The fourth-order valence-electron chi connectivity index (χ4n) is 1.15. The van der Waals surface area contributed by atoms with Crippen LogP contribution in [0.4, 0.5) is 0 Å². The van der Waals surface area contributed by atoms with Gasteiger partial charge in [-0.1, -0.05) is 0 Å². The molecule has 14 heavy (non-hydrogen) atoms. The monoisotopic (exact) mass is 286 g/mol. The number of halogens is 1. The molecule has 0 bridgehead atoms. The average molecular weight is 287 g/mol. The van der Waals surface area contributed by atoms with E-state index in [2.05, 4.69) is 25.9 Å². The lowest BCUT2D eigenvalue weighted by Gasteiger charge is -1.97. The Bertz CT molecular complexity index is 516. The van der Waals surface area contributed by atoms with Crippen molar-refractivity contribution in [3.05, 3.63) is 32.5 Å². The molecule has 0 saturated heterocycles. The van der Waals surface area contributed by atoms with Crippen molar-refractivity contribution in [2.24, 2.45) is 0 Å². The van der Waals surface area contributed by atoms with E-state index in [1.807, 2.05) is 24.4 Å². The van der Waals surface area contributed by atoms with Gasteiger partial charge in [0.15, 0.2) is 4.77 Å². The molecule has 0 saturated carbocycles. The zero-order valence-electron chi connectivity index (χ0n) is 7.37. The second-order valence-electron chi connectivity index (χ2n) is 2.88. The molecule has 2 aromatic rings. The second-order valence-corrected chi connectivity index (χ2v) is 5.10. The number of hydrogen-bond donors (Lipinski definition) is 1. The van der Waals surface area contributed by atoms with Crippen LogP contribution >= 0.6 is 39.5 Å². The molecule has 1 N–H and O–H groups in total. The summed E-state index contributed by atoms with van der Waals surface area (Å²) in [6, 6.07) is 4.04. The van der Waals surface area contributed by atoms with Crippen LogP contribution in [0.3, 0.4) is 0 Å². The quantitative estimate of drug-likeness (QED) is 0.805. The zero-order chi connectivity index (χ0) is 10.1. The number of thiophene rings is 1. The molecule has 0 unspecified atom stereocenters. The predicted octanol–water partition coefficient (Wildman–Crippen LogP) is 3.94. The van der Waals surface area contributed by atoms with E-state index in [4.69, 9.17) is 12.2 Å². The number of rotatable bonds is 1. The molecule has 0 aliphatic carbocycles. The van der Waals surface area contributed by atoms with Gasteiger partial charge in [0.1, 0.15) is 0 Å². The van der Waals surface area contributed by atoms with E-state index in [0.717, 1.165) is 20.7 Å². The van der Waals surface area contributed by atoms with Crippen LogP contribution in [0, 0.1) is 11.7 Å². The summed E-state index contributed by atoms with van der Waals surface area (Å²) < 4.78 is 1.61. The largest absolute Gasteiger partial charge is 0.335 e. The highest BCUT2D eigenvalue weighted by Gasteiger charge is 2.03. The molecule has 2 heterocycles. The first-order valence-corrected chi connectivity index (χ1v) is 6.05. The van der Waals surface area contributed by atoms with E-state index < -0.39 is 0 Å². The number of aromatic amines is 1. The van der Waals surface area contributed by atoms with Gasteiger partial charge < -0.3 is 4.98 Å². The van der Waals surface area contributed by atoms with Crippen molar-refractivity contribution in [1.29, 1.82) is 0 Å². The van der Waals surface area contributed by atoms with Crippen LogP contribution in [-0.4, -0.2) is 9.97 Å². The third kappa shape index (κ3) is 2.10. The first-order chi connectivity index (χ1) is 6.65. The molecule has 2 nitrogen and oxygen atoms in total. The van der Waals surface area contributed by atoms with Crippen molar-refractivity contribution in [2.45, 2.75) is 6.92 Å². The summed E-state index contributed by atoms with van der Waals surface area (Å²) in [5.74, 6) is 0. The molecule has 0 aliphatic heterocycles.